The second kappa shape index (κ2) is 13.7. The van der Waals surface area contributed by atoms with Gasteiger partial charge in [0, 0.05) is 67.8 Å². The van der Waals surface area contributed by atoms with Crippen LogP contribution in [-0.4, -0.2) is 56.8 Å². The van der Waals surface area contributed by atoms with E-state index in [0.29, 0.717) is 35.4 Å². The number of hydrogen-bond donors (Lipinski definition) is 2. The molecule has 262 valence electrons. The molecule has 9 nitrogen and oxygen atoms in total. The molecule has 3 aliphatic rings. The highest BCUT2D eigenvalue weighted by Gasteiger charge is 2.44. The third kappa shape index (κ3) is 6.47. The second-order valence-electron chi connectivity index (χ2n) is 13.5. The molecule has 5 aromatic rings. The van der Waals surface area contributed by atoms with Crippen LogP contribution in [0.2, 0.25) is 0 Å². The second-order valence-corrected chi connectivity index (χ2v) is 15.4. The summed E-state index contributed by atoms with van der Waals surface area (Å²) in [6.45, 7) is 6.90. The van der Waals surface area contributed by atoms with E-state index in [2.05, 4.69) is 28.5 Å². The highest BCUT2D eigenvalue weighted by molar-refractivity contribution is 7.23. The van der Waals surface area contributed by atoms with Crippen LogP contribution >= 0.6 is 22.7 Å². The van der Waals surface area contributed by atoms with Crippen molar-refractivity contribution in [2.45, 2.75) is 32.7 Å². The number of ether oxygens (including phenoxy) is 2. The molecule has 2 N–H and O–H groups in total. The standard InChI is InChI=1S/C39H38FN5O4S2/c1-24-18-27(36(42-20-24)44-22-39(23-44)12-15-49-16-13-39)21-41-28-8-6-25(7-9-28)38(47)45-14-10-26-19-32(51-34(26)35-30(45)11-17-50-35)37(46)43-33-29(40)4-3-5-31(33)48-2/h3-9,11,17-20,41H,10,12-16,21-23H2,1-2H3,(H,43,46). The molecule has 6 heterocycles. The number of amides is 2. The lowest BCUT2D eigenvalue weighted by atomic mass is 9.73. The van der Waals surface area contributed by atoms with E-state index in [1.165, 1.54) is 41.9 Å². The molecule has 2 saturated heterocycles. The van der Waals surface area contributed by atoms with Crippen molar-refractivity contribution >= 4 is 57.4 Å². The van der Waals surface area contributed by atoms with Gasteiger partial charge in [0.2, 0.25) is 0 Å². The molecule has 0 radical (unpaired) electrons. The lowest BCUT2D eigenvalue weighted by molar-refractivity contribution is -0.000505. The number of nitrogens with one attached hydrogen (secondary N) is 2. The Morgan fingerprint density at radius 2 is 1.86 bits per heavy atom. The number of carbonyl (C=O) groups excluding carboxylic acids is 2. The van der Waals surface area contributed by atoms with Gasteiger partial charge in [0.25, 0.3) is 11.8 Å². The van der Waals surface area contributed by atoms with Crippen LogP contribution in [0.25, 0.3) is 9.75 Å². The summed E-state index contributed by atoms with van der Waals surface area (Å²) >= 11 is 2.89. The molecule has 1 spiro atoms. The summed E-state index contributed by atoms with van der Waals surface area (Å²) in [5.74, 6) is 0.240. The lowest BCUT2D eigenvalue weighted by Gasteiger charge is -2.53. The van der Waals surface area contributed by atoms with Crippen molar-refractivity contribution in [3.8, 4) is 15.5 Å². The summed E-state index contributed by atoms with van der Waals surface area (Å²) in [5, 5.41) is 8.20. The maximum Gasteiger partial charge on any atom is 0.265 e. The first kappa shape index (κ1) is 33.4. The molecule has 0 saturated carbocycles. The normalized spacial score (nSPS) is 16.1. The third-order valence-corrected chi connectivity index (χ3v) is 12.3. The highest BCUT2D eigenvalue weighted by atomic mass is 32.1. The molecular formula is C39H38FN5O4S2. The number of fused-ring (bicyclic) bond motifs is 3. The van der Waals surface area contributed by atoms with Gasteiger partial charge in [0.1, 0.15) is 17.3 Å². The molecular weight excluding hydrogens is 686 g/mol. The van der Waals surface area contributed by atoms with Gasteiger partial charge in [-0.3, -0.25) is 9.59 Å². The van der Waals surface area contributed by atoms with Gasteiger partial charge in [0.15, 0.2) is 5.82 Å². The van der Waals surface area contributed by atoms with E-state index in [1.807, 2.05) is 52.9 Å². The molecule has 0 bridgehead atoms. The summed E-state index contributed by atoms with van der Waals surface area (Å²) in [7, 11) is 1.43. The molecule has 12 heteroatoms. The first-order valence-electron chi connectivity index (χ1n) is 17.1. The van der Waals surface area contributed by atoms with Crippen molar-refractivity contribution in [1.29, 1.82) is 0 Å². The van der Waals surface area contributed by atoms with Crippen LogP contribution in [0.3, 0.4) is 0 Å². The first-order chi connectivity index (χ1) is 24.8. The Hall–Kier alpha value is -4.78. The van der Waals surface area contributed by atoms with Gasteiger partial charge in [-0.25, -0.2) is 9.37 Å². The maximum atomic E-state index is 14.5. The smallest absolute Gasteiger partial charge is 0.265 e. The molecule has 2 aromatic carbocycles. The van der Waals surface area contributed by atoms with Gasteiger partial charge in [-0.1, -0.05) is 6.07 Å². The zero-order valence-corrected chi connectivity index (χ0v) is 30.1. The van der Waals surface area contributed by atoms with Gasteiger partial charge in [-0.2, -0.15) is 0 Å². The fraction of sp³-hybridized carbons (Fsp3) is 0.308. The number of carbonyl (C=O) groups is 2. The van der Waals surface area contributed by atoms with E-state index in [1.54, 1.807) is 6.07 Å². The van der Waals surface area contributed by atoms with Crippen LogP contribution in [0.1, 0.15) is 49.6 Å². The van der Waals surface area contributed by atoms with Crippen molar-refractivity contribution in [3.63, 3.8) is 0 Å². The SMILES string of the molecule is COc1cccc(F)c1NC(=O)c1cc2c(s1)-c1sccc1N(C(=O)c1ccc(NCc3cc(C)cnc3N3CC4(CCOCC4)C3)cc1)CC2. The molecule has 0 atom stereocenters. The number of thiophene rings is 2. The number of aryl methyl sites for hydroxylation is 1. The molecule has 0 unspecified atom stereocenters. The predicted octanol–water partition coefficient (Wildman–Crippen LogP) is 8.01. The van der Waals surface area contributed by atoms with E-state index < -0.39 is 11.7 Å². The minimum Gasteiger partial charge on any atom is -0.494 e. The number of nitrogens with zero attached hydrogens (tertiary/aromatic N) is 3. The largest absolute Gasteiger partial charge is 0.494 e. The molecule has 8 rings (SSSR count). The zero-order valence-electron chi connectivity index (χ0n) is 28.5. The number of pyridine rings is 1. The molecule has 2 fully saturated rings. The summed E-state index contributed by atoms with van der Waals surface area (Å²) in [6.07, 6.45) is 4.75. The number of hydrogen-bond acceptors (Lipinski definition) is 9. The lowest BCUT2D eigenvalue weighted by Crippen LogP contribution is -2.59. The summed E-state index contributed by atoms with van der Waals surface area (Å²) in [5.41, 5.74) is 5.99. The van der Waals surface area contributed by atoms with Gasteiger partial charge in [-0.05, 0) is 97.3 Å². The first-order valence-corrected chi connectivity index (χ1v) is 18.8. The number of methoxy groups -OCH3 is 1. The van der Waals surface area contributed by atoms with Gasteiger partial charge >= 0.3 is 0 Å². The quantitative estimate of drug-likeness (QED) is 0.168. The van der Waals surface area contributed by atoms with Crippen LogP contribution in [-0.2, 0) is 17.7 Å². The highest BCUT2D eigenvalue weighted by Crippen LogP contribution is 2.46. The summed E-state index contributed by atoms with van der Waals surface area (Å²) < 4.78 is 25.4. The molecule has 3 aliphatic heterocycles. The Bertz CT molecular complexity index is 2100. The fourth-order valence-corrected chi connectivity index (χ4v) is 9.49. The zero-order chi connectivity index (χ0) is 35.1. The van der Waals surface area contributed by atoms with Crippen LogP contribution in [0.4, 0.5) is 27.3 Å². The summed E-state index contributed by atoms with van der Waals surface area (Å²) in [6, 6.07) is 18.1. The van der Waals surface area contributed by atoms with Crippen molar-refractivity contribution in [2.75, 3.05) is 60.4 Å². The number of aromatic nitrogens is 1. The Kier molecular flexibility index (Phi) is 8.99. The van der Waals surface area contributed by atoms with E-state index in [9.17, 15) is 14.0 Å². The summed E-state index contributed by atoms with van der Waals surface area (Å²) in [4.78, 5) is 38.6. The van der Waals surface area contributed by atoms with Crippen LogP contribution < -0.4 is 25.2 Å². The van der Waals surface area contributed by atoms with Crippen LogP contribution in [0.15, 0.2) is 72.2 Å². The Balaban J connectivity index is 0.943. The number of benzene rings is 2. The fourth-order valence-electron chi connectivity index (χ4n) is 7.29. The molecule has 2 amide bonds. The Morgan fingerprint density at radius 1 is 1.06 bits per heavy atom. The van der Waals surface area contributed by atoms with E-state index >= 15 is 0 Å². The number of para-hydroxylation sites is 1. The van der Waals surface area contributed by atoms with Crippen molar-refractivity contribution < 1.29 is 23.5 Å². The monoisotopic (exact) mass is 723 g/mol. The minimum absolute atomic E-state index is 0.00981. The van der Waals surface area contributed by atoms with Gasteiger partial charge in [0.05, 0.1) is 27.4 Å². The van der Waals surface area contributed by atoms with E-state index in [0.717, 1.165) is 82.8 Å². The Labute approximate surface area is 304 Å². The molecule has 0 aliphatic carbocycles. The average Bonchev–Trinajstić information content (AvgIpc) is 3.76. The van der Waals surface area contributed by atoms with Gasteiger partial charge < -0.3 is 29.9 Å². The maximum absolute atomic E-state index is 14.5. The number of halogens is 1. The van der Waals surface area contributed by atoms with E-state index in [-0.39, 0.29) is 17.3 Å². The van der Waals surface area contributed by atoms with Crippen molar-refractivity contribution in [1.82, 2.24) is 4.98 Å². The molecule has 51 heavy (non-hydrogen) atoms. The molecule has 3 aromatic heterocycles. The van der Waals surface area contributed by atoms with Gasteiger partial charge in [-0.15, -0.1) is 22.7 Å². The Morgan fingerprint density at radius 3 is 2.65 bits per heavy atom. The van der Waals surface area contributed by atoms with Crippen LogP contribution in [0.5, 0.6) is 5.75 Å². The predicted molar refractivity (Wildman–Crippen MR) is 201 cm³/mol. The van der Waals surface area contributed by atoms with Crippen LogP contribution in [0, 0.1) is 18.2 Å². The van der Waals surface area contributed by atoms with Crippen molar-refractivity contribution in [2.24, 2.45) is 5.41 Å². The number of anilines is 4. The average molecular weight is 724 g/mol. The number of rotatable bonds is 8. The minimum atomic E-state index is -0.567. The van der Waals surface area contributed by atoms with Crippen molar-refractivity contribution in [3.05, 3.63) is 105 Å². The topological polar surface area (TPSA) is 96.0 Å². The third-order valence-electron chi connectivity index (χ3n) is 10.1. The van der Waals surface area contributed by atoms with E-state index in [4.69, 9.17) is 14.5 Å².